The van der Waals surface area contributed by atoms with Crippen molar-refractivity contribution in [2.45, 2.75) is 152 Å². The Morgan fingerprint density at radius 3 is 1.30 bits per heavy atom. The summed E-state index contributed by atoms with van der Waals surface area (Å²) >= 11 is 0. The predicted molar refractivity (Wildman–Crippen MR) is 231 cm³/mol. The van der Waals surface area contributed by atoms with Crippen LogP contribution in [0.15, 0.2) is 96.1 Å². The maximum absolute atomic E-state index is 2.62. The number of hydrogen-bond acceptors (Lipinski definition) is 0. The van der Waals surface area contributed by atoms with Gasteiger partial charge in [-0.25, -0.2) is 0 Å². The molecule has 4 aromatic carbocycles. The highest BCUT2D eigenvalue weighted by Crippen LogP contribution is 2.48. The number of unbranched alkanes of at least 4 members (excludes halogenated alkanes) is 2. The van der Waals surface area contributed by atoms with Gasteiger partial charge in [-0.1, -0.05) is 186 Å². The second-order valence-electron chi connectivity index (χ2n) is 16.9. The molecule has 4 aliphatic carbocycles. The second-order valence-corrected chi connectivity index (χ2v) is 18.3. The maximum atomic E-state index is 2.62. The number of rotatable bonds is 14. The van der Waals surface area contributed by atoms with E-state index in [9.17, 15) is 0 Å². The van der Waals surface area contributed by atoms with Gasteiger partial charge in [-0.3, -0.25) is 0 Å². The number of hydrogen-bond donors (Lipinski definition) is 0. The van der Waals surface area contributed by atoms with Crippen LogP contribution in [0.1, 0.15) is 174 Å². The summed E-state index contributed by atoms with van der Waals surface area (Å²) in [6, 6.07) is 36.4. The Kier molecular flexibility index (Phi) is 12.0. The van der Waals surface area contributed by atoms with Gasteiger partial charge >= 0.3 is 0 Å². The molecule has 2 saturated carbocycles. The minimum Gasteiger partial charge on any atom is -0.0654 e. The first-order valence-electron chi connectivity index (χ1n) is 21.8. The van der Waals surface area contributed by atoms with Crippen LogP contribution in [-0.2, 0) is 0 Å². The summed E-state index contributed by atoms with van der Waals surface area (Å²) in [6.45, 7) is 4.69. The van der Waals surface area contributed by atoms with E-state index in [2.05, 4.69) is 111 Å². The first kappa shape index (κ1) is 36.5. The molecule has 0 amide bonds. The topological polar surface area (TPSA) is 0 Å². The molecule has 0 nitrogen and oxygen atoms in total. The zero-order valence-corrected chi connectivity index (χ0v) is 33.8. The highest BCUT2D eigenvalue weighted by molar-refractivity contribution is 6.36. The van der Waals surface area contributed by atoms with Crippen molar-refractivity contribution in [3.8, 4) is 22.3 Å². The maximum Gasteiger partial charge on any atom is 0.0397 e. The molecule has 0 spiro atoms. The van der Waals surface area contributed by atoms with Crippen molar-refractivity contribution in [3.63, 3.8) is 0 Å². The highest BCUT2D eigenvalue weighted by Gasteiger charge is 2.30. The van der Waals surface area contributed by atoms with E-state index < -0.39 is 0 Å². The Balaban J connectivity index is 1.01. The zero-order chi connectivity index (χ0) is 36.0. The Bertz CT molecular complexity index is 1740. The molecule has 53 heavy (non-hydrogen) atoms. The first-order chi connectivity index (χ1) is 26.2. The summed E-state index contributed by atoms with van der Waals surface area (Å²) in [5.74, 6) is 2.65. The SMILES string of the molecule is CCCCC1=Cc2c(-c3ccc(C4CCCCC4)cc3)cccc2C1C[Si]CC1C(CCCC)=Cc2c(-c3ccc(C4CCCCC4)cc3)cccc21. The average molecular weight is 715 g/mol. The van der Waals surface area contributed by atoms with E-state index in [-0.39, 0.29) is 0 Å². The van der Waals surface area contributed by atoms with Crippen LogP contribution in [-0.4, -0.2) is 9.52 Å². The minimum absolute atomic E-state index is 0.564. The summed E-state index contributed by atoms with van der Waals surface area (Å²) in [5.41, 5.74) is 18.3. The molecule has 2 atom stereocenters. The van der Waals surface area contributed by atoms with Crippen molar-refractivity contribution in [1.29, 1.82) is 0 Å². The largest absolute Gasteiger partial charge is 0.0654 e. The predicted octanol–water partition coefficient (Wildman–Crippen LogP) is 15.7. The van der Waals surface area contributed by atoms with Gasteiger partial charge in [0.05, 0.1) is 0 Å². The zero-order valence-electron chi connectivity index (χ0n) is 32.8. The van der Waals surface area contributed by atoms with E-state index in [0.717, 1.165) is 21.4 Å². The normalized spacial score (nSPS) is 20.3. The summed E-state index contributed by atoms with van der Waals surface area (Å²) < 4.78 is 0. The Morgan fingerprint density at radius 2 is 0.906 bits per heavy atom. The summed E-state index contributed by atoms with van der Waals surface area (Å²) in [7, 11) is 0.952. The van der Waals surface area contributed by atoms with Gasteiger partial charge in [0.15, 0.2) is 0 Å². The Morgan fingerprint density at radius 1 is 0.491 bits per heavy atom. The minimum atomic E-state index is 0.564. The Labute approximate surface area is 324 Å². The van der Waals surface area contributed by atoms with Crippen LogP contribution < -0.4 is 0 Å². The molecule has 0 aromatic heterocycles. The fourth-order valence-corrected chi connectivity index (χ4v) is 12.1. The lowest BCUT2D eigenvalue weighted by Gasteiger charge is -2.22. The lowest BCUT2D eigenvalue weighted by molar-refractivity contribution is 0.443. The van der Waals surface area contributed by atoms with Gasteiger partial charge in [0.2, 0.25) is 0 Å². The van der Waals surface area contributed by atoms with E-state index in [4.69, 9.17) is 0 Å². The molecule has 274 valence electrons. The van der Waals surface area contributed by atoms with E-state index in [1.54, 1.807) is 33.4 Å². The molecule has 4 aliphatic rings. The molecular weight excluding hydrogens is 653 g/mol. The lowest BCUT2D eigenvalue weighted by Crippen LogP contribution is -2.08. The quantitative estimate of drug-likeness (QED) is 0.114. The van der Waals surface area contributed by atoms with Crippen LogP contribution in [0.5, 0.6) is 0 Å². The van der Waals surface area contributed by atoms with Gasteiger partial charge < -0.3 is 0 Å². The molecule has 0 heterocycles. The van der Waals surface area contributed by atoms with Crippen LogP contribution in [0.25, 0.3) is 34.4 Å². The van der Waals surface area contributed by atoms with E-state index in [1.807, 2.05) is 0 Å². The fourth-order valence-electron chi connectivity index (χ4n) is 10.4. The molecule has 0 aliphatic heterocycles. The third-order valence-corrected chi connectivity index (χ3v) is 14.9. The second kappa shape index (κ2) is 17.4. The molecular formula is C52H62Si. The fraction of sp³-hybridized carbons (Fsp3) is 0.462. The van der Waals surface area contributed by atoms with E-state index >= 15 is 0 Å². The molecule has 0 N–H and O–H groups in total. The van der Waals surface area contributed by atoms with Crippen molar-refractivity contribution < 1.29 is 0 Å². The summed E-state index contributed by atoms with van der Waals surface area (Å²) in [5, 5.41) is 0. The van der Waals surface area contributed by atoms with Gasteiger partial charge in [0.25, 0.3) is 0 Å². The van der Waals surface area contributed by atoms with Crippen molar-refractivity contribution in [2.24, 2.45) is 0 Å². The number of fused-ring (bicyclic) bond motifs is 2. The first-order valence-corrected chi connectivity index (χ1v) is 23.2. The van der Waals surface area contributed by atoms with Gasteiger partial charge in [-0.2, -0.15) is 0 Å². The van der Waals surface area contributed by atoms with E-state index in [0.29, 0.717) is 11.8 Å². The van der Waals surface area contributed by atoms with Crippen molar-refractivity contribution in [2.75, 3.05) is 0 Å². The standard InChI is InChI=1S/C52H62Si/c1-3-5-15-43-33-49-45(41-29-25-39(26-30-41)37-17-9-7-10-18-37)21-13-23-47(49)51(43)35-53-36-52-44(16-6-4-2)34-50-46(22-14-24-48(50)52)42-31-27-40(28-32-42)38-19-11-8-12-20-38/h13-14,21-34,37-38,51-52H,3-12,15-20,35-36H2,1-2H3. The molecule has 0 bridgehead atoms. The van der Waals surface area contributed by atoms with Gasteiger partial charge in [-0.05, 0) is 119 Å². The molecule has 2 radical (unpaired) electrons. The monoisotopic (exact) mass is 714 g/mol. The van der Waals surface area contributed by atoms with Crippen molar-refractivity contribution in [3.05, 3.63) is 129 Å². The van der Waals surface area contributed by atoms with Gasteiger partial charge in [-0.15, -0.1) is 0 Å². The molecule has 1 heteroatoms. The lowest BCUT2D eigenvalue weighted by atomic mass is 9.83. The summed E-state index contributed by atoms with van der Waals surface area (Å²) in [6.07, 6.45) is 26.7. The number of allylic oxidation sites excluding steroid dienone is 2. The van der Waals surface area contributed by atoms with Crippen LogP contribution in [0, 0.1) is 0 Å². The third-order valence-electron chi connectivity index (χ3n) is 13.5. The van der Waals surface area contributed by atoms with Crippen molar-refractivity contribution >= 4 is 21.7 Å². The van der Waals surface area contributed by atoms with Gasteiger partial charge in [0.1, 0.15) is 0 Å². The Hall–Kier alpha value is -3.42. The molecule has 2 unspecified atom stereocenters. The van der Waals surface area contributed by atoms with Crippen LogP contribution >= 0.6 is 0 Å². The van der Waals surface area contributed by atoms with E-state index in [1.165, 1.54) is 148 Å². The van der Waals surface area contributed by atoms with Crippen molar-refractivity contribution in [1.82, 2.24) is 0 Å². The molecule has 8 rings (SSSR count). The van der Waals surface area contributed by atoms with Crippen LogP contribution in [0.4, 0.5) is 0 Å². The highest BCUT2D eigenvalue weighted by atomic mass is 28.2. The molecule has 0 saturated heterocycles. The van der Waals surface area contributed by atoms with Crippen LogP contribution in [0.3, 0.4) is 0 Å². The van der Waals surface area contributed by atoms with Crippen LogP contribution in [0.2, 0.25) is 12.1 Å². The number of benzene rings is 4. The molecule has 2 fully saturated rings. The van der Waals surface area contributed by atoms with Gasteiger partial charge in [0, 0.05) is 21.4 Å². The third kappa shape index (κ3) is 8.03. The smallest absolute Gasteiger partial charge is 0.0397 e. The molecule has 4 aromatic rings. The summed E-state index contributed by atoms with van der Waals surface area (Å²) in [4.78, 5) is 0. The average Bonchev–Trinajstić information content (AvgIpc) is 3.77.